The molecule has 3 rings (SSSR count). The van der Waals surface area contributed by atoms with Gasteiger partial charge in [-0.15, -0.1) is 0 Å². The Bertz CT molecular complexity index is 855. The number of benzene rings is 1. The Morgan fingerprint density at radius 1 is 1.21 bits per heavy atom. The summed E-state index contributed by atoms with van der Waals surface area (Å²) in [5.41, 5.74) is 5.56. The Kier molecular flexibility index (Phi) is 5.30. The normalized spacial score (nSPS) is 19.9. The first-order chi connectivity index (χ1) is 13.3. The third-order valence-corrected chi connectivity index (χ3v) is 5.33. The van der Waals surface area contributed by atoms with E-state index in [1.165, 1.54) is 0 Å². The van der Waals surface area contributed by atoms with Crippen LogP contribution in [0.5, 0.6) is 0 Å². The summed E-state index contributed by atoms with van der Waals surface area (Å²) in [5.74, 6) is 0. The quantitative estimate of drug-likeness (QED) is 0.764. The topological polar surface area (TPSA) is 81.2 Å². The fourth-order valence-corrected chi connectivity index (χ4v) is 3.05. The Morgan fingerprint density at radius 3 is 2.41 bits per heavy atom. The molecule has 29 heavy (non-hydrogen) atoms. The lowest BCUT2D eigenvalue weighted by Crippen LogP contribution is -2.41. The zero-order chi connectivity index (χ0) is 21.6. The first kappa shape index (κ1) is 21.4. The van der Waals surface area contributed by atoms with Crippen molar-refractivity contribution in [3.63, 3.8) is 0 Å². The van der Waals surface area contributed by atoms with Crippen LogP contribution in [0.2, 0.25) is 0 Å². The van der Waals surface area contributed by atoms with Gasteiger partial charge in [0.15, 0.2) is 0 Å². The minimum Gasteiger partial charge on any atom is -0.444 e. The highest BCUT2D eigenvalue weighted by atomic mass is 16.7. The molecular formula is C21H30BN3O4. The third kappa shape index (κ3) is 4.48. The van der Waals surface area contributed by atoms with Gasteiger partial charge in [-0.3, -0.25) is 5.43 Å². The van der Waals surface area contributed by atoms with Gasteiger partial charge in [0.1, 0.15) is 5.60 Å². The number of nitrogens with zero attached hydrogens (tertiary/aromatic N) is 1. The molecule has 0 aliphatic carbocycles. The van der Waals surface area contributed by atoms with Crippen molar-refractivity contribution in [1.82, 2.24) is 10.7 Å². The van der Waals surface area contributed by atoms with Crippen molar-refractivity contribution in [2.75, 3.05) is 6.54 Å². The minimum absolute atomic E-state index is 0.217. The van der Waals surface area contributed by atoms with E-state index in [4.69, 9.17) is 14.0 Å². The lowest BCUT2D eigenvalue weighted by Gasteiger charge is -2.32. The lowest BCUT2D eigenvalue weighted by molar-refractivity contribution is 0.00578. The maximum Gasteiger partial charge on any atom is 0.494 e. The first-order valence-corrected chi connectivity index (χ1v) is 9.78. The van der Waals surface area contributed by atoms with E-state index in [1.54, 1.807) is 0 Å². The van der Waals surface area contributed by atoms with Crippen LogP contribution in [0, 0.1) is 0 Å². The van der Waals surface area contributed by atoms with E-state index < -0.39 is 30.0 Å². The molecule has 1 fully saturated rings. The van der Waals surface area contributed by atoms with Gasteiger partial charge >= 0.3 is 13.2 Å². The van der Waals surface area contributed by atoms with E-state index in [-0.39, 0.29) is 6.54 Å². The summed E-state index contributed by atoms with van der Waals surface area (Å²) >= 11 is 0. The van der Waals surface area contributed by atoms with Crippen molar-refractivity contribution < 1.29 is 18.8 Å². The Balaban J connectivity index is 1.82. The maximum absolute atomic E-state index is 12.0. The number of amides is 1. The van der Waals surface area contributed by atoms with Gasteiger partial charge in [-0.05, 0) is 53.9 Å². The van der Waals surface area contributed by atoms with Crippen LogP contribution in [-0.4, -0.2) is 42.3 Å². The number of alkyl carbamates (subject to hydrolysis) is 1. The van der Waals surface area contributed by atoms with Gasteiger partial charge in [-0.25, -0.2) is 4.79 Å². The number of carbonyl (C=O) groups excluding carboxylic acids is 1. The summed E-state index contributed by atoms with van der Waals surface area (Å²) in [6.07, 6.45) is -0.492. The van der Waals surface area contributed by atoms with Crippen LogP contribution >= 0.6 is 0 Å². The largest absolute Gasteiger partial charge is 0.494 e. The monoisotopic (exact) mass is 399 g/mol. The fourth-order valence-electron chi connectivity index (χ4n) is 3.05. The van der Waals surface area contributed by atoms with Crippen molar-refractivity contribution in [2.24, 2.45) is 5.10 Å². The average Bonchev–Trinajstić information content (AvgIpc) is 2.80. The van der Waals surface area contributed by atoms with Gasteiger partial charge in [0.2, 0.25) is 0 Å². The van der Waals surface area contributed by atoms with Crippen molar-refractivity contribution in [1.29, 1.82) is 0 Å². The Labute approximate surface area is 173 Å². The molecule has 7 nitrogen and oxygen atoms in total. The summed E-state index contributed by atoms with van der Waals surface area (Å²) in [6, 6.07) is 5.92. The zero-order valence-electron chi connectivity index (χ0n) is 18.3. The van der Waals surface area contributed by atoms with Crippen LogP contribution < -0.4 is 16.2 Å². The molecule has 2 aliphatic heterocycles. The fraction of sp³-hybridized carbons (Fsp3) is 0.524. The minimum atomic E-state index is -0.563. The number of hydrogen-bond acceptors (Lipinski definition) is 6. The molecule has 1 aromatic carbocycles. The van der Waals surface area contributed by atoms with Crippen LogP contribution in [0.4, 0.5) is 4.79 Å². The smallest absolute Gasteiger partial charge is 0.444 e. The summed E-state index contributed by atoms with van der Waals surface area (Å²) in [6.45, 7) is 17.8. The molecule has 1 aromatic rings. The standard InChI is InChI=1S/C21H30BN3O4/c1-13-15-10-9-14(22-28-20(5,6)21(7,8)29-22)11-16(15)17(25-24-13)12-23-18(26)27-19(2,3)4/h9-11,24H,1,12H2,2-8H3,(H,23,26). The summed E-state index contributed by atoms with van der Waals surface area (Å²) < 4.78 is 17.6. The molecule has 0 saturated carbocycles. The van der Waals surface area contributed by atoms with Crippen molar-refractivity contribution >= 4 is 30.1 Å². The van der Waals surface area contributed by atoms with E-state index in [1.807, 2.05) is 66.7 Å². The number of carbonyl (C=O) groups is 1. The van der Waals surface area contributed by atoms with Crippen molar-refractivity contribution in [3.05, 3.63) is 35.9 Å². The van der Waals surface area contributed by atoms with Crippen LogP contribution in [0.25, 0.3) is 5.70 Å². The van der Waals surface area contributed by atoms with Gasteiger partial charge in [-0.1, -0.05) is 24.8 Å². The number of hydrazone groups is 1. The lowest BCUT2D eigenvalue weighted by atomic mass is 9.77. The predicted octanol–water partition coefficient (Wildman–Crippen LogP) is 2.79. The van der Waals surface area contributed by atoms with E-state index >= 15 is 0 Å². The van der Waals surface area contributed by atoms with Crippen LogP contribution in [0.1, 0.15) is 59.6 Å². The average molecular weight is 399 g/mol. The van der Waals surface area contributed by atoms with E-state index in [0.29, 0.717) is 11.4 Å². The number of nitrogens with one attached hydrogen (secondary N) is 2. The summed E-state index contributed by atoms with van der Waals surface area (Å²) in [4.78, 5) is 12.0. The molecule has 0 atom stereocenters. The number of ether oxygens (including phenoxy) is 1. The second kappa shape index (κ2) is 7.18. The van der Waals surface area contributed by atoms with E-state index in [2.05, 4.69) is 22.4 Å². The number of fused-ring (bicyclic) bond motifs is 1. The highest BCUT2D eigenvalue weighted by molar-refractivity contribution is 6.62. The van der Waals surface area contributed by atoms with Gasteiger partial charge in [0.05, 0.1) is 29.2 Å². The molecule has 8 heteroatoms. The van der Waals surface area contributed by atoms with Gasteiger partial charge in [-0.2, -0.15) is 5.10 Å². The molecule has 0 aromatic heterocycles. The highest BCUT2D eigenvalue weighted by Crippen LogP contribution is 2.36. The van der Waals surface area contributed by atoms with Gasteiger partial charge in [0, 0.05) is 11.1 Å². The zero-order valence-corrected chi connectivity index (χ0v) is 18.3. The van der Waals surface area contributed by atoms with Crippen molar-refractivity contribution in [3.8, 4) is 0 Å². The highest BCUT2D eigenvalue weighted by Gasteiger charge is 2.51. The van der Waals surface area contributed by atoms with Crippen molar-refractivity contribution in [2.45, 2.75) is 65.3 Å². The Hall–Kier alpha value is -2.32. The molecule has 0 spiro atoms. The number of rotatable bonds is 3. The molecule has 156 valence electrons. The Morgan fingerprint density at radius 2 is 1.83 bits per heavy atom. The molecule has 0 unspecified atom stereocenters. The van der Waals surface area contributed by atoms with Crippen LogP contribution in [0.3, 0.4) is 0 Å². The number of hydrogen-bond donors (Lipinski definition) is 2. The maximum atomic E-state index is 12.0. The van der Waals surface area contributed by atoms with Crippen LogP contribution in [-0.2, 0) is 14.0 Å². The van der Waals surface area contributed by atoms with Gasteiger partial charge < -0.3 is 19.4 Å². The summed E-state index contributed by atoms with van der Waals surface area (Å²) in [5, 5.41) is 7.12. The summed E-state index contributed by atoms with van der Waals surface area (Å²) in [7, 11) is -0.478. The van der Waals surface area contributed by atoms with Crippen LogP contribution in [0.15, 0.2) is 29.9 Å². The molecule has 2 aliphatic rings. The molecule has 1 saturated heterocycles. The van der Waals surface area contributed by atoms with E-state index in [0.717, 1.165) is 16.6 Å². The van der Waals surface area contributed by atoms with E-state index in [9.17, 15) is 4.79 Å². The SMILES string of the molecule is C=C1NN=C(CNC(=O)OC(C)(C)C)c2cc(B3OC(C)(C)C(C)(C)O3)ccc21. The first-order valence-electron chi connectivity index (χ1n) is 9.78. The molecule has 0 radical (unpaired) electrons. The van der Waals surface area contributed by atoms with Gasteiger partial charge in [0.25, 0.3) is 0 Å². The molecule has 2 heterocycles. The second-order valence-electron chi connectivity index (χ2n) is 9.40. The molecule has 0 bridgehead atoms. The second-order valence-corrected chi connectivity index (χ2v) is 9.40. The molecule has 2 N–H and O–H groups in total. The third-order valence-electron chi connectivity index (χ3n) is 5.33. The predicted molar refractivity (Wildman–Crippen MR) is 115 cm³/mol. The molecule has 1 amide bonds. The molecular weight excluding hydrogens is 369 g/mol.